The van der Waals surface area contributed by atoms with Gasteiger partial charge in [0.2, 0.25) is 0 Å². The molecular weight excluding hydrogens is 330 g/mol. The lowest BCUT2D eigenvalue weighted by molar-refractivity contribution is 0.0598. The van der Waals surface area contributed by atoms with Crippen molar-refractivity contribution in [3.05, 3.63) is 69.7 Å². The van der Waals surface area contributed by atoms with Crippen LogP contribution in [0.5, 0.6) is 0 Å². The molecule has 0 aromatic heterocycles. The van der Waals surface area contributed by atoms with E-state index in [4.69, 9.17) is 4.74 Å². The lowest BCUT2D eigenvalue weighted by Gasteiger charge is -2.19. The quantitative estimate of drug-likeness (QED) is 0.769. The molecule has 0 radical (unpaired) electrons. The van der Waals surface area contributed by atoms with Gasteiger partial charge in [-0.15, -0.1) is 0 Å². The Hall–Kier alpha value is -1.65. The van der Waals surface area contributed by atoms with Crippen molar-refractivity contribution in [2.45, 2.75) is 13.1 Å². The highest BCUT2D eigenvalue weighted by Crippen LogP contribution is 2.19. The fraction of sp³-hybridized carbons (Fsp3) is 0.235. The number of methoxy groups -OCH3 is 1. The third-order valence-electron chi connectivity index (χ3n) is 3.26. The van der Waals surface area contributed by atoms with Crippen molar-refractivity contribution in [2.75, 3.05) is 14.2 Å². The van der Waals surface area contributed by atoms with Crippen molar-refractivity contribution in [3.8, 4) is 0 Å². The Kier molecular flexibility index (Phi) is 5.53. The van der Waals surface area contributed by atoms with Crippen LogP contribution in [0.25, 0.3) is 0 Å². The van der Waals surface area contributed by atoms with Crippen LogP contribution in [0.3, 0.4) is 0 Å². The van der Waals surface area contributed by atoms with Gasteiger partial charge in [-0.05, 0) is 30.3 Å². The lowest BCUT2D eigenvalue weighted by atomic mass is 10.1. The van der Waals surface area contributed by atoms with Crippen LogP contribution < -0.4 is 0 Å². The van der Waals surface area contributed by atoms with Crippen LogP contribution in [-0.4, -0.2) is 25.0 Å². The van der Waals surface area contributed by atoms with Crippen molar-refractivity contribution in [3.63, 3.8) is 0 Å². The molecule has 0 aliphatic carbocycles. The minimum absolute atomic E-state index is 0.292. The van der Waals surface area contributed by atoms with E-state index in [1.807, 2.05) is 43.4 Å². The van der Waals surface area contributed by atoms with E-state index in [2.05, 4.69) is 26.9 Å². The SMILES string of the molecule is COC(=O)c1ccccc1CN(C)Cc1ccccc1Br. The molecule has 0 saturated heterocycles. The summed E-state index contributed by atoms with van der Waals surface area (Å²) in [7, 11) is 3.44. The number of carbonyl (C=O) groups excluding carboxylic acids is 1. The Balaban J connectivity index is 2.11. The summed E-state index contributed by atoms with van der Waals surface area (Å²) in [6.45, 7) is 1.49. The van der Waals surface area contributed by atoms with Crippen LogP contribution in [0.4, 0.5) is 0 Å². The molecule has 2 aromatic carbocycles. The van der Waals surface area contributed by atoms with E-state index in [1.54, 1.807) is 6.07 Å². The van der Waals surface area contributed by atoms with Crippen LogP contribution in [0.2, 0.25) is 0 Å². The molecule has 0 spiro atoms. The standard InChI is InChI=1S/C17H18BrNO2/c1-19(12-14-8-4-6-10-16(14)18)11-13-7-3-5-9-15(13)17(20)21-2/h3-10H,11-12H2,1-2H3. The van der Waals surface area contributed by atoms with E-state index in [0.29, 0.717) is 12.1 Å². The first-order valence-electron chi connectivity index (χ1n) is 6.70. The third kappa shape index (κ3) is 4.16. The summed E-state index contributed by atoms with van der Waals surface area (Å²) in [4.78, 5) is 13.9. The van der Waals surface area contributed by atoms with Gasteiger partial charge in [0.25, 0.3) is 0 Å². The number of ether oxygens (including phenoxy) is 1. The van der Waals surface area contributed by atoms with E-state index < -0.39 is 0 Å². The van der Waals surface area contributed by atoms with Gasteiger partial charge in [-0.3, -0.25) is 4.90 Å². The molecule has 0 N–H and O–H groups in total. The molecule has 2 rings (SSSR count). The molecule has 110 valence electrons. The van der Waals surface area contributed by atoms with Crippen molar-refractivity contribution >= 4 is 21.9 Å². The maximum absolute atomic E-state index is 11.8. The molecule has 2 aromatic rings. The van der Waals surface area contributed by atoms with E-state index in [9.17, 15) is 4.79 Å². The molecule has 0 unspecified atom stereocenters. The molecular formula is C17H18BrNO2. The van der Waals surface area contributed by atoms with Gasteiger partial charge in [-0.2, -0.15) is 0 Å². The number of esters is 1. The van der Waals surface area contributed by atoms with Crippen molar-refractivity contribution in [2.24, 2.45) is 0 Å². The average Bonchev–Trinajstić information content (AvgIpc) is 2.49. The summed E-state index contributed by atoms with van der Waals surface area (Å²) in [6, 6.07) is 15.7. The molecule has 0 bridgehead atoms. The summed E-state index contributed by atoms with van der Waals surface area (Å²) in [5.74, 6) is -0.292. The Morgan fingerprint density at radius 3 is 2.29 bits per heavy atom. The smallest absolute Gasteiger partial charge is 0.338 e. The van der Waals surface area contributed by atoms with Crippen molar-refractivity contribution in [1.82, 2.24) is 4.90 Å². The van der Waals surface area contributed by atoms with Crippen LogP contribution in [0.15, 0.2) is 53.0 Å². The van der Waals surface area contributed by atoms with Gasteiger partial charge in [-0.1, -0.05) is 52.3 Å². The number of rotatable bonds is 5. The maximum Gasteiger partial charge on any atom is 0.338 e. The molecule has 0 atom stereocenters. The number of nitrogens with zero attached hydrogens (tertiary/aromatic N) is 1. The molecule has 0 aliphatic rings. The minimum atomic E-state index is -0.292. The van der Waals surface area contributed by atoms with Gasteiger partial charge in [0.15, 0.2) is 0 Å². The Morgan fingerprint density at radius 2 is 1.62 bits per heavy atom. The summed E-state index contributed by atoms with van der Waals surface area (Å²) in [5.41, 5.74) is 2.81. The highest BCUT2D eigenvalue weighted by molar-refractivity contribution is 9.10. The Bertz CT molecular complexity index is 628. The molecule has 0 fully saturated rings. The number of carbonyl (C=O) groups is 1. The molecule has 4 heteroatoms. The van der Waals surface area contributed by atoms with Gasteiger partial charge in [0.05, 0.1) is 12.7 Å². The molecule has 21 heavy (non-hydrogen) atoms. The molecule has 0 amide bonds. The zero-order valence-electron chi connectivity index (χ0n) is 12.2. The normalized spacial score (nSPS) is 10.7. The highest BCUT2D eigenvalue weighted by atomic mass is 79.9. The minimum Gasteiger partial charge on any atom is -0.465 e. The van der Waals surface area contributed by atoms with Gasteiger partial charge >= 0.3 is 5.97 Å². The number of hydrogen-bond acceptors (Lipinski definition) is 3. The van der Waals surface area contributed by atoms with Gasteiger partial charge in [-0.25, -0.2) is 4.79 Å². The first-order valence-corrected chi connectivity index (χ1v) is 7.49. The zero-order valence-corrected chi connectivity index (χ0v) is 13.8. The Morgan fingerprint density at radius 1 is 1.05 bits per heavy atom. The van der Waals surface area contributed by atoms with Gasteiger partial charge in [0, 0.05) is 17.6 Å². The van der Waals surface area contributed by atoms with Crippen LogP contribution >= 0.6 is 15.9 Å². The molecule has 0 heterocycles. The Labute approximate surface area is 133 Å². The average molecular weight is 348 g/mol. The van der Waals surface area contributed by atoms with E-state index in [1.165, 1.54) is 12.7 Å². The fourth-order valence-corrected chi connectivity index (χ4v) is 2.64. The van der Waals surface area contributed by atoms with E-state index in [-0.39, 0.29) is 5.97 Å². The summed E-state index contributed by atoms with van der Waals surface area (Å²) in [6.07, 6.45) is 0. The maximum atomic E-state index is 11.8. The fourth-order valence-electron chi connectivity index (χ4n) is 2.23. The number of benzene rings is 2. The topological polar surface area (TPSA) is 29.5 Å². The summed E-state index contributed by atoms with van der Waals surface area (Å²) >= 11 is 3.56. The van der Waals surface area contributed by atoms with Crippen molar-refractivity contribution < 1.29 is 9.53 Å². The second kappa shape index (κ2) is 7.38. The van der Waals surface area contributed by atoms with Crippen LogP contribution in [0, 0.1) is 0 Å². The van der Waals surface area contributed by atoms with Crippen LogP contribution in [0.1, 0.15) is 21.5 Å². The van der Waals surface area contributed by atoms with Crippen LogP contribution in [-0.2, 0) is 17.8 Å². The predicted octanol–water partition coefficient (Wildman–Crippen LogP) is 3.87. The molecule has 0 aliphatic heterocycles. The third-order valence-corrected chi connectivity index (χ3v) is 4.03. The van der Waals surface area contributed by atoms with Crippen molar-refractivity contribution in [1.29, 1.82) is 0 Å². The van der Waals surface area contributed by atoms with E-state index in [0.717, 1.165) is 16.6 Å². The second-order valence-electron chi connectivity index (χ2n) is 4.91. The molecule has 3 nitrogen and oxygen atoms in total. The largest absolute Gasteiger partial charge is 0.465 e. The number of hydrogen-bond donors (Lipinski definition) is 0. The number of halogens is 1. The second-order valence-corrected chi connectivity index (χ2v) is 5.77. The monoisotopic (exact) mass is 347 g/mol. The lowest BCUT2D eigenvalue weighted by Crippen LogP contribution is -2.19. The zero-order chi connectivity index (χ0) is 15.2. The summed E-state index contributed by atoms with van der Waals surface area (Å²) < 4.78 is 5.93. The molecule has 0 saturated carbocycles. The van der Waals surface area contributed by atoms with Gasteiger partial charge < -0.3 is 4.74 Å². The van der Waals surface area contributed by atoms with E-state index >= 15 is 0 Å². The summed E-state index contributed by atoms with van der Waals surface area (Å²) in [5, 5.41) is 0. The highest BCUT2D eigenvalue weighted by Gasteiger charge is 2.13. The first kappa shape index (κ1) is 15.7. The van der Waals surface area contributed by atoms with Gasteiger partial charge in [0.1, 0.15) is 0 Å². The predicted molar refractivity (Wildman–Crippen MR) is 87.1 cm³/mol. The first-order chi connectivity index (χ1) is 10.1.